The smallest absolute Gasteiger partial charge is 0.136 e. The van der Waals surface area contributed by atoms with Crippen LogP contribution in [-0.4, -0.2) is 0 Å². The third-order valence-corrected chi connectivity index (χ3v) is 9.88. The molecule has 0 atom stereocenters. The number of fused-ring (bicyclic) bond motifs is 9. The molecule has 0 radical (unpaired) electrons. The van der Waals surface area contributed by atoms with Crippen molar-refractivity contribution in [3.05, 3.63) is 157 Å². The van der Waals surface area contributed by atoms with Crippen molar-refractivity contribution in [2.45, 2.75) is 19.3 Å². The summed E-state index contributed by atoms with van der Waals surface area (Å²) in [7, 11) is 0. The van der Waals surface area contributed by atoms with Gasteiger partial charge in [-0.25, -0.2) is 0 Å². The SMILES string of the molecule is [2H]c1c([2H])c([2H])c2c(-c3cccc4oc5cc6ccccc6cc5c34)c3c([2H])c([2H])c([2H])c([2H])c3c(-c3ccc4c(c3)-c3ccccc3C4(C)C)c2c1[2H]. The Morgan fingerprint density at radius 1 is 0.500 bits per heavy atom. The summed E-state index contributed by atoms with van der Waals surface area (Å²) in [5, 5.41) is 4.18. The highest BCUT2D eigenvalue weighted by Crippen LogP contribution is 2.52. The second-order valence-electron chi connectivity index (χ2n) is 12.7. The number of hydrogen-bond donors (Lipinski definition) is 0. The van der Waals surface area contributed by atoms with Crippen LogP contribution in [-0.2, 0) is 5.41 Å². The summed E-state index contributed by atoms with van der Waals surface area (Å²) in [5.74, 6) is 0. The Hall–Kier alpha value is -5.66. The quantitative estimate of drug-likeness (QED) is 0.181. The molecule has 0 fully saturated rings. The lowest BCUT2D eigenvalue weighted by atomic mass is 9.81. The third-order valence-electron chi connectivity index (χ3n) is 9.88. The highest BCUT2D eigenvalue weighted by atomic mass is 16.3. The number of hydrogen-bond acceptors (Lipinski definition) is 1. The molecule has 0 unspecified atom stereocenters. The van der Waals surface area contributed by atoms with Crippen LogP contribution in [0.1, 0.15) is 35.9 Å². The molecule has 1 heteroatoms. The summed E-state index contributed by atoms with van der Waals surface area (Å²) in [5.41, 5.74) is 6.96. The van der Waals surface area contributed by atoms with Crippen LogP contribution in [0.15, 0.2) is 150 Å². The molecule has 216 valence electrons. The molecule has 1 aliphatic carbocycles. The summed E-state index contributed by atoms with van der Waals surface area (Å²) in [4.78, 5) is 0. The summed E-state index contributed by atoms with van der Waals surface area (Å²) in [6.07, 6.45) is 0. The van der Waals surface area contributed by atoms with Gasteiger partial charge >= 0.3 is 0 Å². The van der Waals surface area contributed by atoms with Crippen molar-refractivity contribution in [1.29, 1.82) is 0 Å². The Morgan fingerprint density at radius 3 is 1.85 bits per heavy atom. The Labute approximate surface area is 278 Å². The number of furan rings is 1. The predicted molar refractivity (Wildman–Crippen MR) is 195 cm³/mol. The maximum atomic E-state index is 9.48. The zero-order chi connectivity index (χ0) is 37.5. The first-order valence-corrected chi connectivity index (χ1v) is 15.4. The Bertz CT molecular complexity index is 3090. The maximum absolute atomic E-state index is 9.48. The topological polar surface area (TPSA) is 13.1 Å². The zero-order valence-electron chi connectivity index (χ0n) is 33.1. The second-order valence-corrected chi connectivity index (χ2v) is 12.7. The van der Waals surface area contributed by atoms with Gasteiger partial charge in [0.15, 0.2) is 0 Å². The molecular formula is C45H30O. The van der Waals surface area contributed by atoms with Gasteiger partial charge in [-0.3, -0.25) is 0 Å². The summed E-state index contributed by atoms with van der Waals surface area (Å²) in [6.45, 7) is 4.35. The van der Waals surface area contributed by atoms with Crippen LogP contribution in [0.2, 0.25) is 0 Å². The van der Waals surface area contributed by atoms with Gasteiger partial charge in [0.25, 0.3) is 0 Å². The third kappa shape index (κ3) is 3.40. The lowest BCUT2D eigenvalue weighted by Gasteiger charge is -2.22. The fourth-order valence-corrected chi connectivity index (χ4v) is 7.78. The summed E-state index contributed by atoms with van der Waals surface area (Å²) >= 11 is 0. The van der Waals surface area contributed by atoms with E-state index in [0.29, 0.717) is 38.8 Å². The van der Waals surface area contributed by atoms with Crippen molar-refractivity contribution in [3.8, 4) is 33.4 Å². The zero-order valence-corrected chi connectivity index (χ0v) is 25.1. The first kappa shape index (κ1) is 19.0. The van der Waals surface area contributed by atoms with Gasteiger partial charge in [-0.1, -0.05) is 135 Å². The van der Waals surface area contributed by atoms with Crippen molar-refractivity contribution >= 4 is 54.3 Å². The lowest BCUT2D eigenvalue weighted by molar-refractivity contribution is 0.660. The van der Waals surface area contributed by atoms with Gasteiger partial charge in [-0.2, -0.15) is 0 Å². The fraction of sp³-hybridized carbons (Fsp3) is 0.0667. The van der Waals surface area contributed by atoms with E-state index in [9.17, 15) is 5.48 Å². The average Bonchev–Trinajstić information content (AvgIpc) is 3.66. The maximum Gasteiger partial charge on any atom is 0.136 e. The van der Waals surface area contributed by atoms with Gasteiger partial charge in [0, 0.05) is 16.2 Å². The van der Waals surface area contributed by atoms with E-state index in [1.807, 2.05) is 84.9 Å². The van der Waals surface area contributed by atoms with Crippen LogP contribution in [0.25, 0.3) is 87.6 Å². The number of benzene rings is 8. The first-order chi connectivity index (χ1) is 25.9. The van der Waals surface area contributed by atoms with E-state index in [1.165, 1.54) is 5.56 Å². The Morgan fingerprint density at radius 2 is 1.11 bits per heavy atom. The standard InChI is InChI=1S/C45H30O/c1-45(2)38-20-10-9-14-30(38)36-25-29(22-23-39(36)45)42-31-15-5-7-17-33(31)43(34-18-8-6-16-32(34)42)35-19-11-21-40-44(35)37-24-27-12-3-4-13-28(27)26-41(37)46-40/h3-26H,1-2H3/i5D,6D,7D,8D,15D,16D,17D,18D. The normalized spacial score (nSPS) is 16.0. The molecule has 1 nitrogen and oxygen atoms in total. The molecule has 0 saturated carbocycles. The molecule has 8 aromatic carbocycles. The number of rotatable bonds is 2. The van der Waals surface area contributed by atoms with Gasteiger partial charge < -0.3 is 4.42 Å². The van der Waals surface area contributed by atoms with E-state index in [1.54, 1.807) is 0 Å². The monoisotopic (exact) mass is 594 g/mol. The molecule has 9 aromatic rings. The van der Waals surface area contributed by atoms with Gasteiger partial charge in [0.05, 0.1) is 11.0 Å². The minimum atomic E-state index is -0.431. The molecule has 1 heterocycles. The van der Waals surface area contributed by atoms with Gasteiger partial charge in [0.1, 0.15) is 11.2 Å². The van der Waals surface area contributed by atoms with E-state index in [-0.39, 0.29) is 51.1 Å². The molecule has 10 rings (SSSR count). The van der Waals surface area contributed by atoms with E-state index in [4.69, 9.17) is 9.90 Å². The average molecular weight is 595 g/mol. The van der Waals surface area contributed by atoms with Crippen LogP contribution in [0.4, 0.5) is 0 Å². The highest BCUT2D eigenvalue weighted by Gasteiger charge is 2.35. The molecule has 46 heavy (non-hydrogen) atoms. The summed E-state index contributed by atoms with van der Waals surface area (Å²) in [6, 6.07) is 28.7. The van der Waals surface area contributed by atoms with E-state index in [2.05, 4.69) is 26.0 Å². The molecule has 1 aliphatic rings. The molecular weight excluding hydrogens is 556 g/mol. The van der Waals surface area contributed by atoms with Gasteiger partial charge in [-0.05, 0) is 101 Å². The fourth-order valence-electron chi connectivity index (χ4n) is 7.78. The Kier molecular flexibility index (Phi) is 3.79. The first-order valence-electron chi connectivity index (χ1n) is 19.4. The van der Waals surface area contributed by atoms with Crippen molar-refractivity contribution in [3.63, 3.8) is 0 Å². The molecule has 1 aromatic heterocycles. The van der Waals surface area contributed by atoms with Gasteiger partial charge in [-0.15, -0.1) is 0 Å². The van der Waals surface area contributed by atoms with Crippen LogP contribution in [0.5, 0.6) is 0 Å². The molecule has 0 aliphatic heterocycles. The van der Waals surface area contributed by atoms with E-state index in [0.717, 1.165) is 32.8 Å². The minimum Gasteiger partial charge on any atom is -0.456 e. The minimum absolute atomic E-state index is 0.178. The van der Waals surface area contributed by atoms with Crippen molar-refractivity contribution in [2.24, 2.45) is 0 Å². The van der Waals surface area contributed by atoms with Crippen molar-refractivity contribution in [2.75, 3.05) is 0 Å². The van der Waals surface area contributed by atoms with Crippen LogP contribution >= 0.6 is 0 Å². The van der Waals surface area contributed by atoms with Crippen LogP contribution < -0.4 is 0 Å². The van der Waals surface area contributed by atoms with Crippen LogP contribution in [0.3, 0.4) is 0 Å². The molecule has 0 amide bonds. The highest BCUT2D eigenvalue weighted by molar-refractivity contribution is 6.26. The second kappa shape index (κ2) is 9.19. The summed E-state index contributed by atoms with van der Waals surface area (Å²) < 4.78 is 79.8. The van der Waals surface area contributed by atoms with Crippen molar-refractivity contribution in [1.82, 2.24) is 0 Å². The van der Waals surface area contributed by atoms with E-state index >= 15 is 0 Å². The predicted octanol–water partition coefficient (Wildman–Crippen LogP) is 12.7. The van der Waals surface area contributed by atoms with Gasteiger partial charge in [0.2, 0.25) is 0 Å². The lowest BCUT2D eigenvalue weighted by Crippen LogP contribution is -2.14. The Balaban J connectivity index is 1.45. The van der Waals surface area contributed by atoms with Crippen molar-refractivity contribution < 1.29 is 15.4 Å². The molecule has 0 spiro atoms. The molecule has 0 saturated heterocycles. The molecule has 0 N–H and O–H groups in total. The largest absolute Gasteiger partial charge is 0.456 e. The molecule has 0 bridgehead atoms. The van der Waals surface area contributed by atoms with E-state index < -0.39 is 24.2 Å². The van der Waals surface area contributed by atoms with Crippen LogP contribution in [0, 0.1) is 0 Å².